The summed E-state index contributed by atoms with van der Waals surface area (Å²) in [4.78, 5) is 21.4. The summed E-state index contributed by atoms with van der Waals surface area (Å²) in [6.07, 6.45) is 0. The van der Waals surface area contributed by atoms with Crippen LogP contribution in [0.25, 0.3) is 0 Å². The molecule has 11 heavy (non-hydrogen) atoms. The van der Waals surface area contributed by atoms with Crippen molar-refractivity contribution in [3.05, 3.63) is 0 Å². The normalized spacial score (nSPS) is 15.2. The molecule has 0 aliphatic heterocycles. The Morgan fingerprint density at radius 2 is 2.00 bits per heavy atom. The van der Waals surface area contributed by atoms with Crippen molar-refractivity contribution in [1.82, 2.24) is 0 Å². The van der Waals surface area contributed by atoms with E-state index in [9.17, 15) is 9.59 Å². The Kier molecular flexibility index (Phi) is 3.00. The summed E-state index contributed by atoms with van der Waals surface area (Å²) in [5, 5.41) is 0. The van der Waals surface area contributed by atoms with E-state index in [-0.39, 0.29) is 6.61 Å². The van der Waals surface area contributed by atoms with Gasteiger partial charge in [0.2, 0.25) is 5.91 Å². The number of carbonyl (C=O) groups excluding carboxylic acids is 2. The highest BCUT2D eigenvalue weighted by atomic mass is 16.5. The Bertz CT molecular complexity index is 177. The minimum Gasteiger partial charge on any atom is -0.464 e. The lowest BCUT2D eigenvalue weighted by atomic mass is 10.0. The van der Waals surface area contributed by atoms with E-state index in [1.807, 2.05) is 0 Å². The Morgan fingerprint density at radius 1 is 1.55 bits per heavy atom. The number of carbonyl (C=O) groups is 2. The van der Waals surface area contributed by atoms with Crippen LogP contribution in [-0.4, -0.2) is 24.0 Å². The molecule has 0 saturated heterocycles. The van der Waals surface area contributed by atoms with Crippen LogP contribution in [-0.2, 0) is 14.3 Å². The van der Waals surface area contributed by atoms with Gasteiger partial charge in [-0.25, -0.2) is 4.79 Å². The lowest BCUT2D eigenvalue weighted by Gasteiger charge is -2.17. The third-order valence-corrected chi connectivity index (χ3v) is 1.21. The average Bonchev–Trinajstić information content (AvgIpc) is 1.88. The Hall–Kier alpha value is -1.10. The topological polar surface area (TPSA) is 95.4 Å². The largest absolute Gasteiger partial charge is 0.464 e. The van der Waals surface area contributed by atoms with Crippen LogP contribution < -0.4 is 11.5 Å². The molecule has 0 aliphatic rings. The second-order valence-electron chi connectivity index (χ2n) is 2.29. The monoisotopic (exact) mass is 160 g/mol. The smallest absolute Gasteiger partial charge is 0.335 e. The second kappa shape index (κ2) is 3.34. The van der Waals surface area contributed by atoms with Crippen LogP contribution in [0.4, 0.5) is 0 Å². The lowest BCUT2D eigenvalue weighted by molar-refractivity contribution is -0.152. The first-order valence-corrected chi connectivity index (χ1v) is 3.19. The Balaban J connectivity index is 4.30. The molecule has 0 saturated carbocycles. The Labute approximate surface area is 64.7 Å². The summed E-state index contributed by atoms with van der Waals surface area (Å²) in [6, 6.07) is 0. The molecule has 0 aromatic rings. The molecule has 5 heteroatoms. The first-order chi connectivity index (χ1) is 4.92. The van der Waals surface area contributed by atoms with Crippen molar-refractivity contribution in [3.8, 4) is 0 Å². The predicted octanol–water partition coefficient (Wildman–Crippen LogP) is -1.25. The van der Waals surface area contributed by atoms with Gasteiger partial charge in [-0.1, -0.05) is 0 Å². The molecule has 0 radical (unpaired) electrons. The van der Waals surface area contributed by atoms with Gasteiger partial charge in [0.15, 0.2) is 5.54 Å². The molecule has 0 spiro atoms. The number of esters is 1. The van der Waals surface area contributed by atoms with Gasteiger partial charge in [-0.05, 0) is 13.8 Å². The zero-order valence-electron chi connectivity index (χ0n) is 6.59. The molecular formula is C6H12N2O3. The first-order valence-electron chi connectivity index (χ1n) is 3.19. The highest BCUT2D eigenvalue weighted by Gasteiger charge is 2.36. The second-order valence-corrected chi connectivity index (χ2v) is 2.29. The molecular weight excluding hydrogens is 148 g/mol. The van der Waals surface area contributed by atoms with Crippen molar-refractivity contribution in [2.24, 2.45) is 11.5 Å². The van der Waals surface area contributed by atoms with Gasteiger partial charge in [0.05, 0.1) is 6.61 Å². The van der Waals surface area contributed by atoms with E-state index in [4.69, 9.17) is 11.5 Å². The molecule has 1 atom stereocenters. The number of rotatable bonds is 3. The van der Waals surface area contributed by atoms with E-state index in [0.29, 0.717) is 0 Å². The number of hydrogen-bond acceptors (Lipinski definition) is 4. The van der Waals surface area contributed by atoms with Crippen molar-refractivity contribution >= 4 is 11.9 Å². The Morgan fingerprint density at radius 3 is 2.27 bits per heavy atom. The molecule has 0 aromatic carbocycles. The lowest BCUT2D eigenvalue weighted by Crippen LogP contribution is -2.56. The van der Waals surface area contributed by atoms with Crippen molar-refractivity contribution in [3.63, 3.8) is 0 Å². The molecule has 0 fully saturated rings. The van der Waals surface area contributed by atoms with E-state index in [1.54, 1.807) is 6.92 Å². The summed E-state index contributed by atoms with van der Waals surface area (Å²) >= 11 is 0. The number of ether oxygens (including phenoxy) is 1. The first kappa shape index (κ1) is 9.90. The maximum Gasteiger partial charge on any atom is 0.335 e. The summed E-state index contributed by atoms with van der Waals surface area (Å²) in [5.74, 6) is -1.69. The van der Waals surface area contributed by atoms with Crippen LogP contribution in [0.15, 0.2) is 0 Å². The molecule has 1 unspecified atom stereocenters. The van der Waals surface area contributed by atoms with Crippen LogP contribution in [0, 0.1) is 0 Å². The van der Waals surface area contributed by atoms with Gasteiger partial charge in [0, 0.05) is 0 Å². The predicted molar refractivity (Wildman–Crippen MR) is 38.4 cm³/mol. The van der Waals surface area contributed by atoms with E-state index in [2.05, 4.69) is 4.74 Å². The van der Waals surface area contributed by atoms with Gasteiger partial charge in [-0.2, -0.15) is 0 Å². The van der Waals surface area contributed by atoms with Crippen LogP contribution in [0.5, 0.6) is 0 Å². The fraction of sp³-hybridized carbons (Fsp3) is 0.667. The molecule has 0 aliphatic carbocycles. The van der Waals surface area contributed by atoms with Crippen LogP contribution in [0.1, 0.15) is 13.8 Å². The van der Waals surface area contributed by atoms with Gasteiger partial charge >= 0.3 is 5.97 Å². The number of primary amides is 1. The molecule has 4 N–H and O–H groups in total. The fourth-order valence-corrected chi connectivity index (χ4v) is 0.382. The summed E-state index contributed by atoms with van der Waals surface area (Å²) in [5.41, 5.74) is 8.36. The van der Waals surface area contributed by atoms with Crippen molar-refractivity contribution in [2.75, 3.05) is 6.61 Å². The molecule has 5 nitrogen and oxygen atoms in total. The molecule has 0 rings (SSSR count). The molecule has 0 bridgehead atoms. The standard InChI is InChI=1S/C6H12N2O3/c1-3-11-5(10)6(2,8)4(7)9/h3,8H2,1-2H3,(H2,7,9). The zero-order valence-corrected chi connectivity index (χ0v) is 6.59. The van der Waals surface area contributed by atoms with Gasteiger partial charge in [0.25, 0.3) is 0 Å². The third-order valence-electron chi connectivity index (χ3n) is 1.21. The molecule has 0 aromatic heterocycles. The number of nitrogens with two attached hydrogens (primary N) is 2. The van der Waals surface area contributed by atoms with E-state index in [1.165, 1.54) is 6.92 Å². The van der Waals surface area contributed by atoms with E-state index < -0.39 is 17.4 Å². The molecule has 0 heterocycles. The van der Waals surface area contributed by atoms with Crippen LogP contribution >= 0.6 is 0 Å². The minimum atomic E-state index is -1.71. The third kappa shape index (κ3) is 2.19. The van der Waals surface area contributed by atoms with Crippen LogP contribution in [0.3, 0.4) is 0 Å². The number of hydrogen-bond donors (Lipinski definition) is 2. The van der Waals surface area contributed by atoms with E-state index in [0.717, 1.165) is 0 Å². The van der Waals surface area contributed by atoms with Crippen LogP contribution in [0.2, 0.25) is 0 Å². The minimum absolute atomic E-state index is 0.179. The number of amides is 1. The molecule has 1 amide bonds. The zero-order chi connectivity index (χ0) is 9.07. The summed E-state index contributed by atoms with van der Waals surface area (Å²) in [7, 11) is 0. The summed E-state index contributed by atoms with van der Waals surface area (Å²) < 4.78 is 4.50. The van der Waals surface area contributed by atoms with Gasteiger partial charge in [-0.3, -0.25) is 4.79 Å². The van der Waals surface area contributed by atoms with Crippen molar-refractivity contribution in [2.45, 2.75) is 19.4 Å². The SMILES string of the molecule is CCOC(=O)C(C)(N)C(N)=O. The maximum absolute atomic E-state index is 10.9. The average molecular weight is 160 g/mol. The highest BCUT2D eigenvalue weighted by molar-refractivity contribution is 6.05. The van der Waals surface area contributed by atoms with E-state index >= 15 is 0 Å². The van der Waals surface area contributed by atoms with Gasteiger partial charge in [0.1, 0.15) is 0 Å². The fourth-order valence-electron chi connectivity index (χ4n) is 0.382. The molecule has 64 valence electrons. The van der Waals surface area contributed by atoms with Gasteiger partial charge in [-0.15, -0.1) is 0 Å². The quantitative estimate of drug-likeness (QED) is 0.398. The highest BCUT2D eigenvalue weighted by Crippen LogP contribution is 2.00. The van der Waals surface area contributed by atoms with Gasteiger partial charge < -0.3 is 16.2 Å². The van der Waals surface area contributed by atoms with Crippen molar-refractivity contribution < 1.29 is 14.3 Å². The van der Waals surface area contributed by atoms with Crippen molar-refractivity contribution in [1.29, 1.82) is 0 Å². The maximum atomic E-state index is 10.9. The summed E-state index contributed by atoms with van der Waals surface area (Å²) in [6.45, 7) is 3.02.